The molecule has 0 bridgehead atoms. The first-order valence-corrected chi connectivity index (χ1v) is 5.93. The molecule has 0 aromatic carbocycles. The van der Waals surface area contributed by atoms with Crippen molar-refractivity contribution in [1.82, 2.24) is 4.98 Å². The van der Waals surface area contributed by atoms with Gasteiger partial charge in [0.1, 0.15) is 11.8 Å². The van der Waals surface area contributed by atoms with Gasteiger partial charge >= 0.3 is 5.97 Å². The summed E-state index contributed by atoms with van der Waals surface area (Å²) in [7, 11) is 0. The van der Waals surface area contributed by atoms with E-state index in [1.807, 2.05) is 0 Å². The Morgan fingerprint density at radius 1 is 1.50 bits per heavy atom. The lowest BCUT2D eigenvalue weighted by Crippen LogP contribution is -2.33. The van der Waals surface area contributed by atoms with Crippen molar-refractivity contribution in [3.63, 3.8) is 0 Å². The number of aromatic amines is 1. The van der Waals surface area contributed by atoms with E-state index < -0.39 is 12.1 Å². The predicted molar refractivity (Wildman–Crippen MR) is 64.7 cm³/mol. The van der Waals surface area contributed by atoms with Gasteiger partial charge in [0.25, 0.3) is 5.91 Å². The molecule has 1 aliphatic rings. The van der Waals surface area contributed by atoms with Gasteiger partial charge in [0.05, 0.1) is 5.69 Å². The van der Waals surface area contributed by atoms with Crippen molar-refractivity contribution in [2.75, 3.05) is 11.9 Å². The summed E-state index contributed by atoms with van der Waals surface area (Å²) in [6.07, 6.45) is 2.12. The molecule has 98 valence electrons. The number of aryl methyl sites for hydroxylation is 1. The van der Waals surface area contributed by atoms with Crippen LogP contribution in [-0.4, -0.2) is 34.7 Å². The van der Waals surface area contributed by atoms with E-state index in [2.05, 4.69) is 10.3 Å². The summed E-state index contributed by atoms with van der Waals surface area (Å²) in [6, 6.07) is 1.60. The van der Waals surface area contributed by atoms with Crippen LogP contribution in [0, 0.1) is 6.92 Å². The predicted octanol–water partition coefficient (Wildman–Crippen LogP) is 1.53. The minimum absolute atomic E-state index is 0.00309. The van der Waals surface area contributed by atoms with Gasteiger partial charge in [0.15, 0.2) is 0 Å². The maximum absolute atomic E-state index is 11.9. The standard InChI is InChI=1S/C12H16N2O4/c1-7-6-8(10(13-7)12(16)17)14-11(15)9-4-2-3-5-18-9/h6,9,13H,2-5H2,1H3,(H,14,15)(H,16,17). The Kier molecular flexibility index (Phi) is 3.66. The van der Waals surface area contributed by atoms with Gasteiger partial charge in [0, 0.05) is 12.3 Å². The van der Waals surface area contributed by atoms with Crippen LogP contribution in [0.2, 0.25) is 0 Å². The number of hydrogen-bond donors (Lipinski definition) is 3. The van der Waals surface area contributed by atoms with Crippen molar-refractivity contribution in [2.24, 2.45) is 0 Å². The fourth-order valence-corrected chi connectivity index (χ4v) is 2.02. The normalized spacial score (nSPS) is 19.5. The summed E-state index contributed by atoms with van der Waals surface area (Å²) in [6.45, 7) is 2.31. The maximum Gasteiger partial charge on any atom is 0.354 e. The minimum Gasteiger partial charge on any atom is -0.477 e. The number of anilines is 1. The largest absolute Gasteiger partial charge is 0.477 e. The Morgan fingerprint density at radius 2 is 2.28 bits per heavy atom. The second-order valence-electron chi connectivity index (χ2n) is 4.39. The molecule has 1 aromatic rings. The summed E-state index contributed by atoms with van der Waals surface area (Å²) >= 11 is 0. The smallest absolute Gasteiger partial charge is 0.354 e. The number of H-pyrrole nitrogens is 1. The van der Waals surface area contributed by atoms with Gasteiger partial charge in [-0.1, -0.05) is 0 Å². The molecule has 1 fully saturated rings. The number of ether oxygens (including phenoxy) is 1. The monoisotopic (exact) mass is 252 g/mol. The topological polar surface area (TPSA) is 91.4 Å². The molecule has 0 aliphatic carbocycles. The number of amides is 1. The molecule has 1 aliphatic heterocycles. The van der Waals surface area contributed by atoms with E-state index >= 15 is 0 Å². The highest BCUT2D eigenvalue weighted by Gasteiger charge is 2.24. The van der Waals surface area contributed by atoms with E-state index in [-0.39, 0.29) is 11.6 Å². The van der Waals surface area contributed by atoms with Gasteiger partial charge in [0.2, 0.25) is 0 Å². The number of carboxylic acids is 1. The molecule has 6 heteroatoms. The second kappa shape index (κ2) is 5.22. The molecule has 1 amide bonds. The third kappa shape index (κ3) is 2.70. The van der Waals surface area contributed by atoms with Crippen molar-refractivity contribution in [3.8, 4) is 0 Å². The summed E-state index contributed by atoms with van der Waals surface area (Å²) in [5.74, 6) is -1.38. The van der Waals surface area contributed by atoms with Crippen LogP contribution in [-0.2, 0) is 9.53 Å². The Bertz CT molecular complexity index is 461. The fourth-order valence-electron chi connectivity index (χ4n) is 2.02. The molecule has 1 aromatic heterocycles. The molecule has 6 nitrogen and oxygen atoms in total. The number of carboxylic acid groups (broad SMARTS) is 1. The van der Waals surface area contributed by atoms with Crippen LogP contribution >= 0.6 is 0 Å². The van der Waals surface area contributed by atoms with Crippen molar-refractivity contribution in [1.29, 1.82) is 0 Å². The van der Waals surface area contributed by atoms with Crippen molar-refractivity contribution in [3.05, 3.63) is 17.5 Å². The Morgan fingerprint density at radius 3 is 2.89 bits per heavy atom. The number of rotatable bonds is 3. The number of aromatic nitrogens is 1. The van der Waals surface area contributed by atoms with E-state index in [4.69, 9.17) is 9.84 Å². The molecule has 0 radical (unpaired) electrons. The molecule has 1 saturated heterocycles. The van der Waals surface area contributed by atoms with Crippen LogP contribution in [0.25, 0.3) is 0 Å². The molecular weight excluding hydrogens is 236 g/mol. The highest BCUT2D eigenvalue weighted by atomic mass is 16.5. The summed E-state index contributed by atoms with van der Waals surface area (Å²) in [4.78, 5) is 25.6. The first kappa shape index (κ1) is 12.6. The van der Waals surface area contributed by atoms with Crippen LogP contribution in [0.4, 0.5) is 5.69 Å². The number of aromatic carboxylic acids is 1. The van der Waals surface area contributed by atoms with Crippen LogP contribution < -0.4 is 5.32 Å². The van der Waals surface area contributed by atoms with E-state index in [9.17, 15) is 9.59 Å². The molecular formula is C12H16N2O4. The van der Waals surface area contributed by atoms with Crippen molar-refractivity contribution < 1.29 is 19.4 Å². The number of hydrogen-bond acceptors (Lipinski definition) is 3. The van der Waals surface area contributed by atoms with Crippen LogP contribution in [0.15, 0.2) is 6.07 Å². The zero-order valence-electron chi connectivity index (χ0n) is 10.2. The Balaban J connectivity index is 2.08. The van der Waals surface area contributed by atoms with Gasteiger partial charge in [-0.05, 0) is 32.3 Å². The van der Waals surface area contributed by atoms with Gasteiger partial charge in [-0.15, -0.1) is 0 Å². The van der Waals surface area contributed by atoms with E-state index in [1.54, 1.807) is 13.0 Å². The average molecular weight is 252 g/mol. The molecule has 0 saturated carbocycles. The fraction of sp³-hybridized carbons (Fsp3) is 0.500. The lowest BCUT2D eigenvalue weighted by Gasteiger charge is -2.21. The van der Waals surface area contributed by atoms with Gasteiger partial charge < -0.3 is 20.1 Å². The second-order valence-corrected chi connectivity index (χ2v) is 4.39. The third-order valence-electron chi connectivity index (χ3n) is 2.90. The highest BCUT2D eigenvalue weighted by molar-refractivity contribution is 6.01. The highest BCUT2D eigenvalue weighted by Crippen LogP contribution is 2.19. The molecule has 18 heavy (non-hydrogen) atoms. The first-order valence-electron chi connectivity index (χ1n) is 5.93. The molecule has 2 heterocycles. The van der Waals surface area contributed by atoms with Crippen LogP contribution in [0.5, 0.6) is 0 Å². The van der Waals surface area contributed by atoms with Crippen molar-refractivity contribution >= 4 is 17.6 Å². The quantitative estimate of drug-likeness (QED) is 0.760. The van der Waals surface area contributed by atoms with Gasteiger partial charge in [-0.2, -0.15) is 0 Å². The summed E-state index contributed by atoms with van der Waals surface area (Å²) < 4.78 is 5.35. The van der Waals surface area contributed by atoms with E-state index in [1.165, 1.54) is 0 Å². The lowest BCUT2D eigenvalue weighted by molar-refractivity contribution is -0.129. The zero-order chi connectivity index (χ0) is 13.1. The zero-order valence-corrected chi connectivity index (χ0v) is 10.2. The maximum atomic E-state index is 11.9. The third-order valence-corrected chi connectivity index (χ3v) is 2.90. The lowest BCUT2D eigenvalue weighted by atomic mass is 10.1. The molecule has 1 atom stereocenters. The SMILES string of the molecule is Cc1cc(NC(=O)C2CCCCO2)c(C(=O)O)[nH]1. The van der Waals surface area contributed by atoms with Crippen LogP contribution in [0.1, 0.15) is 35.4 Å². The Hall–Kier alpha value is -1.82. The van der Waals surface area contributed by atoms with E-state index in [0.717, 1.165) is 12.8 Å². The van der Waals surface area contributed by atoms with E-state index in [0.29, 0.717) is 24.4 Å². The molecule has 2 rings (SSSR count). The number of carbonyl (C=O) groups is 2. The Labute approximate surface area is 104 Å². The van der Waals surface area contributed by atoms with Crippen LogP contribution in [0.3, 0.4) is 0 Å². The van der Waals surface area contributed by atoms with Gasteiger partial charge in [-0.25, -0.2) is 4.79 Å². The number of carbonyl (C=O) groups excluding carboxylic acids is 1. The summed E-state index contributed by atoms with van der Waals surface area (Å²) in [5.41, 5.74) is 0.975. The van der Waals surface area contributed by atoms with Crippen molar-refractivity contribution in [2.45, 2.75) is 32.3 Å². The molecule has 0 spiro atoms. The molecule has 3 N–H and O–H groups in total. The average Bonchev–Trinajstić information content (AvgIpc) is 2.71. The van der Waals surface area contributed by atoms with Gasteiger partial charge in [-0.3, -0.25) is 4.79 Å². The minimum atomic E-state index is -1.09. The number of nitrogens with one attached hydrogen (secondary N) is 2. The summed E-state index contributed by atoms with van der Waals surface area (Å²) in [5, 5.41) is 11.6. The first-order chi connectivity index (χ1) is 8.58. The molecule has 1 unspecified atom stereocenters.